The minimum atomic E-state index is -0.977. The molecule has 104 valence electrons. The average molecular weight is 400 g/mol. The number of halogens is 2. The predicted molar refractivity (Wildman–Crippen MR) is 84.3 cm³/mol. The first-order valence-corrected chi connectivity index (χ1v) is 7.48. The van der Waals surface area contributed by atoms with E-state index in [1.807, 2.05) is 37.3 Å². The van der Waals surface area contributed by atoms with Gasteiger partial charge in [-0.2, -0.15) is 0 Å². The van der Waals surface area contributed by atoms with Crippen molar-refractivity contribution in [1.29, 1.82) is 0 Å². The van der Waals surface area contributed by atoms with Crippen LogP contribution < -0.4 is 4.74 Å². The van der Waals surface area contributed by atoms with Gasteiger partial charge in [0.25, 0.3) is 0 Å². The Kier molecular flexibility index (Phi) is 4.83. The van der Waals surface area contributed by atoms with Crippen LogP contribution in [0.25, 0.3) is 0 Å². The van der Waals surface area contributed by atoms with E-state index in [9.17, 15) is 4.79 Å². The number of carboxylic acids is 1. The molecule has 5 heteroatoms. The molecule has 0 aromatic heterocycles. The van der Waals surface area contributed by atoms with Crippen LogP contribution in [0.4, 0.5) is 0 Å². The third-order valence-electron chi connectivity index (χ3n) is 2.80. The summed E-state index contributed by atoms with van der Waals surface area (Å²) >= 11 is 6.67. The molecule has 0 atom stereocenters. The van der Waals surface area contributed by atoms with Crippen molar-refractivity contribution in [3.8, 4) is 5.75 Å². The summed E-state index contributed by atoms with van der Waals surface area (Å²) in [6, 6.07) is 11.4. The molecule has 0 radical (unpaired) electrons. The Morgan fingerprint density at radius 3 is 2.45 bits per heavy atom. The zero-order valence-electron chi connectivity index (χ0n) is 10.7. The molecule has 0 fully saturated rings. The maximum absolute atomic E-state index is 11.1. The normalized spacial score (nSPS) is 10.3. The van der Waals surface area contributed by atoms with Crippen LogP contribution in [0.3, 0.4) is 0 Å². The molecule has 2 aromatic rings. The molecule has 20 heavy (non-hydrogen) atoms. The number of hydrogen-bond donors (Lipinski definition) is 1. The van der Waals surface area contributed by atoms with Crippen LogP contribution in [0.5, 0.6) is 5.75 Å². The third-order valence-corrected chi connectivity index (χ3v) is 4.92. The zero-order valence-corrected chi connectivity index (χ0v) is 13.9. The highest BCUT2D eigenvalue weighted by atomic mass is 79.9. The molecule has 3 nitrogen and oxygen atoms in total. The number of hydrogen-bond acceptors (Lipinski definition) is 2. The third kappa shape index (κ3) is 3.22. The van der Waals surface area contributed by atoms with Crippen molar-refractivity contribution < 1.29 is 14.6 Å². The van der Waals surface area contributed by atoms with Gasteiger partial charge in [0.15, 0.2) is 0 Å². The first-order valence-electron chi connectivity index (χ1n) is 5.89. The van der Waals surface area contributed by atoms with Crippen molar-refractivity contribution >= 4 is 37.8 Å². The largest absolute Gasteiger partial charge is 0.487 e. The summed E-state index contributed by atoms with van der Waals surface area (Å²) in [7, 11) is 0. The quantitative estimate of drug-likeness (QED) is 0.803. The highest BCUT2D eigenvalue weighted by molar-refractivity contribution is 9.13. The maximum atomic E-state index is 11.1. The predicted octanol–water partition coefficient (Wildman–Crippen LogP) is 4.80. The summed E-state index contributed by atoms with van der Waals surface area (Å²) in [5.74, 6) is -0.332. The van der Waals surface area contributed by atoms with Crippen LogP contribution >= 0.6 is 31.9 Å². The smallest absolute Gasteiger partial charge is 0.336 e. The average Bonchev–Trinajstić information content (AvgIpc) is 2.43. The van der Waals surface area contributed by atoms with Gasteiger partial charge >= 0.3 is 5.97 Å². The molecule has 0 aliphatic rings. The molecule has 0 aliphatic heterocycles. The van der Waals surface area contributed by atoms with E-state index < -0.39 is 5.97 Å². The lowest BCUT2D eigenvalue weighted by molar-refractivity contribution is 0.0695. The monoisotopic (exact) mass is 398 g/mol. The van der Waals surface area contributed by atoms with Gasteiger partial charge in [-0.05, 0) is 56.0 Å². The number of benzene rings is 2. The van der Waals surface area contributed by atoms with Gasteiger partial charge in [0.1, 0.15) is 12.4 Å². The second-order valence-corrected chi connectivity index (χ2v) is 5.86. The molecular formula is C15H12Br2O3. The Morgan fingerprint density at radius 2 is 1.85 bits per heavy atom. The summed E-state index contributed by atoms with van der Waals surface area (Å²) in [6.07, 6.45) is 0. The van der Waals surface area contributed by atoms with Crippen LogP contribution in [0.15, 0.2) is 45.3 Å². The second-order valence-electron chi connectivity index (χ2n) is 4.28. The van der Waals surface area contributed by atoms with Gasteiger partial charge in [-0.15, -0.1) is 0 Å². The van der Waals surface area contributed by atoms with E-state index >= 15 is 0 Å². The summed E-state index contributed by atoms with van der Waals surface area (Å²) in [6.45, 7) is 2.25. The minimum absolute atomic E-state index is 0.210. The molecule has 0 heterocycles. The second kappa shape index (κ2) is 6.41. The van der Waals surface area contributed by atoms with Crippen LogP contribution in [0.1, 0.15) is 21.5 Å². The van der Waals surface area contributed by atoms with Crippen LogP contribution in [0.2, 0.25) is 0 Å². The van der Waals surface area contributed by atoms with Crippen LogP contribution in [-0.4, -0.2) is 11.1 Å². The topological polar surface area (TPSA) is 46.5 Å². The molecule has 0 saturated heterocycles. The van der Waals surface area contributed by atoms with Crippen molar-refractivity contribution in [2.45, 2.75) is 13.5 Å². The number of carbonyl (C=O) groups is 1. The van der Waals surface area contributed by atoms with Gasteiger partial charge in [0, 0.05) is 0 Å². The minimum Gasteiger partial charge on any atom is -0.487 e. The van der Waals surface area contributed by atoms with Gasteiger partial charge in [0.05, 0.1) is 14.5 Å². The Morgan fingerprint density at radius 1 is 1.20 bits per heavy atom. The van der Waals surface area contributed by atoms with Crippen molar-refractivity contribution in [3.05, 3.63) is 62.0 Å². The number of ether oxygens (including phenoxy) is 1. The van der Waals surface area contributed by atoms with E-state index in [1.54, 1.807) is 6.07 Å². The summed E-state index contributed by atoms with van der Waals surface area (Å²) < 4.78 is 6.90. The lowest BCUT2D eigenvalue weighted by Crippen LogP contribution is -2.03. The summed E-state index contributed by atoms with van der Waals surface area (Å²) in [4.78, 5) is 11.1. The molecule has 1 N–H and O–H groups in total. The van der Waals surface area contributed by atoms with E-state index in [2.05, 4.69) is 31.9 Å². The molecule has 2 aromatic carbocycles. The number of rotatable bonds is 4. The summed E-state index contributed by atoms with van der Waals surface area (Å²) in [5.41, 5.74) is 2.03. The lowest BCUT2D eigenvalue weighted by Gasteiger charge is -2.14. The zero-order chi connectivity index (χ0) is 14.7. The number of aryl methyl sites for hydroxylation is 1. The first-order chi connectivity index (χ1) is 9.50. The van der Waals surface area contributed by atoms with E-state index in [1.165, 1.54) is 0 Å². The Hall–Kier alpha value is -1.33. The molecule has 0 amide bonds. The highest BCUT2D eigenvalue weighted by Gasteiger charge is 2.18. The van der Waals surface area contributed by atoms with Gasteiger partial charge in [-0.3, -0.25) is 0 Å². The molecule has 0 unspecified atom stereocenters. The van der Waals surface area contributed by atoms with E-state index in [-0.39, 0.29) is 5.56 Å². The number of carboxylic acid groups (broad SMARTS) is 1. The van der Waals surface area contributed by atoms with Crippen molar-refractivity contribution in [1.82, 2.24) is 0 Å². The molecule has 0 aliphatic carbocycles. The fraction of sp³-hybridized carbons (Fsp3) is 0.133. The van der Waals surface area contributed by atoms with Gasteiger partial charge in [-0.25, -0.2) is 4.79 Å². The van der Waals surface area contributed by atoms with Crippen molar-refractivity contribution in [3.63, 3.8) is 0 Å². The van der Waals surface area contributed by atoms with Crippen LogP contribution in [0, 0.1) is 6.92 Å². The summed E-state index contributed by atoms with van der Waals surface area (Å²) in [5, 5.41) is 9.12. The number of aromatic carboxylic acids is 1. The van der Waals surface area contributed by atoms with Gasteiger partial charge in [0.2, 0.25) is 0 Å². The fourth-order valence-electron chi connectivity index (χ4n) is 1.80. The lowest BCUT2D eigenvalue weighted by atomic mass is 10.1. The standard InChI is InChI=1S/C15H12Br2O3/c1-9-7-11(15(18)19)12(16)13(17)14(9)20-8-10-5-3-2-4-6-10/h2-7H,8H2,1H3,(H,18,19). The highest BCUT2D eigenvalue weighted by Crippen LogP contribution is 2.38. The Balaban J connectivity index is 2.29. The van der Waals surface area contributed by atoms with E-state index in [0.29, 0.717) is 21.3 Å². The van der Waals surface area contributed by atoms with E-state index in [0.717, 1.165) is 11.1 Å². The molecule has 2 rings (SSSR count). The Labute approximate surface area is 133 Å². The van der Waals surface area contributed by atoms with Crippen molar-refractivity contribution in [2.24, 2.45) is 0 Å². The molecule has 0 spiro atoms. The molecular weight excluding hydrogens is 388 g/mol. The molecule has 0 bridgehead atoms. The SMILES string of the molecule is Cc1cc(C(=O)O)c(Br)c(Br)c1OCc1ccccc1. The molecule has 0 saturated carbocycles. The van der Waals surface area contributed by atoms with E-state index in [4.69, 9.17) is 9.84 Å². The van der Waals surface area contributed by atoms with Crippen LogP contribution in [-0.2, 0) is 6.61 Å². The van der Waals surface area contributed by atoms with Crippen molar-refractivity contribution in [2.75, 3.05) is 0 Å². The van der Waals surface area contributed by atoms with Gasteiger partial charge < -0.3 is 9.84 Å². The van der Waals surface area contributed by atoms with Gasteiger partial charge in [-0.1, -0.05) is 30.3 Å². The fourth-order valence-corrected chi connectivity index (χ4v) is 2.90. The first kappa shape index (κ1) is 15.1. The maximum Gasteiger partial charge on any atom is 0.336 e. The Bertz CT molecular complexity index is 639.